The number of aromatic amines is 2. The number of H-pyrrole nitrogens is 2. The van der Waals surface area contributed by atoms with Crippen LogP contribution in [0.2, 0.25) is 0 Å². The third-order valence-corrected chi connectivity index (χ3v) is 5.51. The molecule has 0 spiro atoms. The van der Waals surface area contributed by atoms with E-state index in [-0.39, 0.29) is 0 Å². The van der Waals surface area contributed by atoms with Gasteiger partial charge in [-0.2, -0.15) is 5.10 Å². The molecule has 4 aromatic rings. The molecule has 0 saturated carbocycles. The van der Waals surface area contributed by atoms with Gasteiger partial charge < -0.3 is 15.0 Å². The normalized spacial score (nSPS) is 15.3. The van der Waals surface area contributed by atoms with Crippen molar-refractivity contribution < 1.29 is 4.74 Å². The van der Waals surface area contributed by atoms with Gasteiger partial charge in [0.25, 0.3) is 0 Å². The summed E-state index contributed by atoms with van der Waals surface area (Å²) >= 11 is 0. The molecule has 3 N–H and O–H groups in total. The first kappa shape index (κ1) is 18.1. The van der Waals surface area contributed by atoms with Crippen LogP contribution in [0.5, 0.6) is 0 Å². The molecule has 150 valence electrons. The molecule has 0 bridgehead atoms. The first-order chi connectivity index (χ1) is 14.3. The summed E-state index contributed by atoms with van der Waals surface area (Å²) in [5, 5.41) is 12.2. The molecular weight excluding hydrogens is 364 g/mol. The van der Waals surface area contributed by atoms with Gasteiger partial charge in [-0.25, -0.2) is 4.98 Å². The topological polar surface area (TPSA) is 81.9 Å². The fourth-order valence-corrected chi connectivity index (χ4v) is 3.90. The van der Waals surface area contributed by atoms with E-state index in [0.717, 1.165) is 85.0 Å². The van der Waals surface area contributed by atoms with Crippen LogP contribution in [0.15, 0.2) is 36.4 Å². The number of aromatic nitrogens is 4. The van der Waals surface area contributed by atoms with Crippen molar-refractivity contribution in [1.82, 2.24) is 25.1 Å². The molecule has 0 unspecified atom stereocenters. The molecule has 0 amide bonds. The van der Waals surface area contributed by atoms with E-state index in [1.807, 2.05) is 0 Å². The average Bonchev–Trinajstić information content (AvgIpc) is 3.35. The number of ether oxygens (including phenoxy) is 1. The van der Waals surface area contributed by atoms with Crippen molar-refractivity contribution in [2.75, 3.05) is 44.7 Å². The number of hydrogen-bond donors (Lipinski definition) is 3. The summed E-state index contributed by atoms with van der Waals surface area (Å²) in [6.45, 7) is 7.96. The van der Waals surface area contributed by atoms with Gasteiger partial charge in [-0.05, 0) is 50.2 Å². The summed E-state index contributed by atoms with van der Waals surface area (Å²) in [4.78, 5) is 10.6. The number of nitrogens with one attached hydrogen (secondary N) is 3. The molecule has 5 rings (SSSR count). The molecule has 2 aromatic heterocycles. The molecule has 2 aromatic carbocycles. The SMILES string of the molecule is Cc1ccc2[nH]nc(-c3nc4ccc(NCCCN5CCOCC5)cc4[nH]3)c2c1. The second kappa shape index (κ2) is 7.85. The van der Waals surface area contributed by atoms with Crippen molar-refractivity contribution in [3.8, 4) is 11.5 Å². The average molecular weight is 390 g/mol. The molecule has 7 nitrogen and oxygen atoms in total. The molecule has 1 aliphatic rings. The van der Waals surface area contributed by atoms with Gasteiger partial charge >= 0.3 is 0 Å². The van der Waals surface area contributed by atoms with Crippen LogP contribution < -0.4 is 5.32 Å². The third kappa shape index (κ3) is 3.83. The number of aryl methyl sites for hydroxylation is 1. The van der Waals surface area contributed by atoms with Crippen molar-refractivity contribution in [1.29, 1.82) is 0 Å². The number of nitrogens with zero attached hydrogens (tertiary/aromatic N) is 3. The number of hydrogen-bond acceptors (Lipinski definition) is 5. The van der Waals surface area contributed by atoms with Crippen molar-refractivity contribution in [2.45, 2.75) is 13.3 Å². The molecule has 1 fully saturated rings. The zero-order valence-electron chi connectivity index (χ0n) is 16.7. The maximum absolute atomic E-state index is 5.40. The first-order valence-corrected chi connectivity index (χ1v) is 10.3. The van der Waals surface area contributed by atoms with Crippen LogP contribution >= 0.6 is 0 Å². The molecule has 29 heavy (non-hydrogen) atoms. The van der Waals surface area contributed by atoms with Crippen molar-refractivity contribution in [3.05, 3.63) is 42.0 Å². The van der Waals surface area contributed by atoms with Gasteiger partial charge in [-0.1, -0.05) is 11.6 Å². The number of fused-ring (bicyclic) bond motifs is 2. The van der Waals surface area contributed by atoms with Crippen LogP contribution in [0.25, 0.3) is 33.5 Å². The lowest BCUT2D eigenvalue weighted by atomic mass is 10.1. The fourth-order valence-electron chi connectivity index (χ4n) is 3.90. The first-order valence-electron chi connectivity index (χ1n) is 10.3. The van der Waals surface area contributed by atoms with Gasteiger partial charge in [0.05, 0.1) is 29.8 Å². The minimum atomic E-state index is 0.793. The predicted octanol–water partition coefficient (Wildman–Crippen LogP) is 3.55. The smallest absolute Gasteiger partial charge is 0.159 e. The van der Waals surface area contributed by atoms with E-state index in [0.29, 0.717) is 0 Å². The summed E-state index contributed by atoms with van der Waals surface area (Å²) in [5.41, 5.74) is 6.16. The maximum Gasteiger partial charge on any atom is 0.159 e. The molecular formula is C22H26N6O. The highest BCUT2D eigenvalue weighted by atomic mass is 16.5. The standard InChI is InChI=1S/C22H26N6O/c1-15-3-5-18-17(13-15)21(27-26-18)22-24-19-6-4-16(14-20(19)25-22)23-7-2-8-28-9-11-29-12-10-28/h3-6,13-14,23H,2,7-12H2,1H3,(H,24,25)(H,26,27). The van der Waals surface area contributed by atoms with E-state index >= 15 is 0 Å². The van der Waals surface area contributed by atoms with E-state index in [1.54, 1.807) is 0 Å². The number of benzene rings is 2. The Hall–Kier alpha value is -2.90. The molecule has 7 heteroatoms. The van der Waals surface area contributed by atoms with Gasteiger partial charge in [-0.3, -0.25) is 10.00 Å². The minimum absolute atomic E-state index is 0.793. The fraction of sp³-hybridized carbons (Fsp3) is 0.364. The zero-order chi connectivity index (χ0) is 19.6. The second-order valence-corrected chi connectivity index (χ2v) is 7.67. The largest absolute Gasteiger partial charge is 0.385 e. The lowest BCUT2D eigenvalue weighted by Gasteiger charge is -2.26. The summed E-state index contributed by atoms with van der Waals surface area (Å²) in [7, 11) is 0. The molecule has 1 aliphatic heterocycles. The van der Waals surface area contributed by atoms with Crippen LogP contribution in [0, 0.1) is 6.92 Å². The Morgan fingerprint density at radius 1 is 1.10 bits per heavy atom. The van der Waals surface area contributed by atoms with E-state index in [9.17, 15) is 0 Å². The van der Waals surface area contributed by atoms with Crippen molar-refractivity contribution in [2.24, 2.45) is 0 Å². The quantitative estimate of drug-likeness (QED) is 0.439. The molecule has 1 saturated heterocycles. The van der Waals surface area contributed by atoms with Gasteiger partial charge in [-0.15, -0.1) is 0 Å². The third-order valence-electron chi connectivity index (χ3n) is 5.51. The Morgan fingerprint density at radius 3 is 2.90 bits per heavy atom. The molecule has 0 radical (unpaired) electrons. The van der Waals surface area contributed by atoms with Crippen LogP contribution in [-0.2, 0) is 4.74 Å². The summed E-state index contributed by atoms with van der Waals surface area (Å²) in [6, 6.07) is 12.6. The van der Waals surface area contributed by atoms with Gasteiger partial charge in [0.15, 0.2) is 5.82 Å². The highest BCUT2D eigenvalue weighted by molar-refractivity contribution is 5.93. The van der Waals surface area contributed by atoms with E-state index in [2.05, 4.69) is 68.7 Å². The number of anilines is 1. The summed E-state index contributed by atoms with van der Waals surface area (Å²) in [5.74, 6) is 0.793. The highest BCUT2D eigenvalue weighted by Crippen LogP contribution is 2.27. The molecule has 0 atom stereocenters. The Balaban J connectivity index is 1.29. The Morgan fingerprint density at radius 2 is 2.00 bits per heavy atom. The van der Waals surface area contributed by atoms with Crippen LogP contribution in [-0.4, -0.2) is 64.5 Å². The van der Waals surface area contributed by atoms with Crippen molar-refractivity contribution in [3.63, 3.8) is 0 Å². The van der Waals surface area contributed by atoms with E-state index in [4.69, 9.17) is 9.72 Å². The zero-order valence-corrected chi connectivity index (χ0v) is 16.7. The van der Waals surface area contributed by atoms with Crippen LogP contribution in [0.1, 0.15) is 12.0 Å². The molecule has 0 aliphatic carbocycles. The van der Waals surface area contributed by atoms with E-state index in [1.165, 1.54) is 5.56 Å². The van der Waals surface area contributed by atoms with Gasteiger partial charge in [0.1, 0.15) is 5.69 Å². The Labute approximate surface area is 169 Å². The van der Waals surface area contributed by atoms with Crippen LogP contribution in [0.3, 0.4) is 0 Å². The van der Waals surface area contributed by atoms with E-state index < -0.39 is 0 Å². The number of rotatable bonds is 6. The van der Waals surface area contributed by atoms with Gasteiger partial charge in [0.2, 0.25) is 0 Å². The Bertz CT molecular complexity index is 1120. The van der Waals surface area contributed by atoms with Crippen LogP contribution in [0.4, 0.5) is 5.69 Å². The summed E-state index contributed by atoms with van der Waals surface area (Å²) in [6.07, 6.45) is 1.12. The van der Waals surface area contributed by atoms with Gasteiger partial charge in [0, 0.05) is 30.7 Å². The monoisotopic (exact) mass is 390 g/mol. The molecule has 3 heterocycles. The minimum Gasteiger partial charge on any atom is -0.385 e. The second-order valence-electron chi connectivity index (χ2n) is 7.67. The maximum atomic E-state index is 5.40. The lowest BCUT2D eigenvalue weighted by molar-refractivity contribution is 0.0378. The highest BCUT2D eigenvalue weighted by Gasteiger charge is 2.13. The lowest BCUT2D eigenvalue weighted by Crippen LogP contribution is -2.37. The number of imidazole rings is 1. The summed E-state index contributed by atoms with van der Waals surface area (Å²) < 4.78 is 5.40. The Kier molecular flexibility index (Phi) is 4.91. The predicted molar refractivity (Wildman–Crippen MR) is 116 cm³/mol. The number of morpholine rings is 1. The van der Waals surface area contributed by atoms with Crippen molar-refractivity contribution >= 4 is 27.6 Å².